The van der Waals surface area contributed by atoms with Crippen LogP contribution in [0.1, 0.15) is 45.4 Å². The summed E-state index contributed by atoms with van der Waals surface area (Å²) in [6.07, 6.45) is 9.97. The first-order chi connectivity index (χ1) is 7.27. The van der Waals surface area contributed by atoms with Gasteiger partial charge in [-0.15, -0.1) is 0 Å². The zero-order valence-corrected chi connectivity index (χ0v) is 9.50. The molecule has 2 aliphatic rings. The van der Waals surface area contributed by atoms with E-state index in [2.05, 4.69) is 6.08 Å². The lowest BCUT2D eigenvalue weighted by atomic mass is 9.78. The number of carbonyl (C=O) groups excluding carboxylic acids is 1. The van der Waals surface area contributed by atoms with Crippen LogP contribution in [0.4, 0.5) is 0 Å². The summed E-state index contributed by atoms with van der Waals surface area (Å²) in [5.41, 5.74) is 0.808. The minimum absolute atomic E-state index is 0.117. The molecule has 15 heavy (non-hydrogen) atoms. The molecule has 0 aromatic heterocycles. The fourth-order valence-corrected chi connectivity index (χ4v) is 2.81. The first-order valence-electron chi connectivity index (χ1n) is 6.13. The van der Waals surface area contributed by atoms with Crippen molar-refractivity contribution in [3.05, 3.63) is 11.6 Å². The van der Waals surface area contributed by atoms with Gasteiger partial charge in [-0.3, -0.25) is 0 Å². The van der Waals surface area contributed by atoms with E-state index in [4.69, 9.17) is 4.74 Å². The van der Waals surface area contributed by atoms with Gasteiger partial charge in [0.15, 0.2) is 0 Å². The van der Waals surface area contributed by atoms with Gasteiger partial charge < -0.3 is 4.74 Å². The van der Waals surface area contributed by atoms with E-state index in [9.17, 15) is 4.79 Å². The maximum atomic E-state index is 11.4. The number of rotatable bonds is 1. The maximum absolute atomic E-state index is 11.4. The van der Waals surface area contributed by atoms with Crippen molar-refractivity contribution >= 4 is 5.97 Å². The summed E-state index contributed by atoms with van der Waals surface area (Å²) in [6, 6.07) is 0. The molecule has 0 N–H and O–H groups in total. The highest BCUT2D eigenvalue weighted by atomic mass is 16.5. The molecule has 0 radical (unpaired) electrons. The number of allylic oxidation sites excluding steroid dienone is 1. The highest BCUT2D eigenvalue weighted by Crippen LogP contribution is 2.34. The molecule has 0 aromatic rings. The molecule has 0 amide bonds. The number of hydrogen-bond donors (Lipinski definition) is 0. The second-order valence-electron chi connectivity index (χ2n) is 4.84. The zero-order valence-electron chi connectivity index (χ0n) is 9.50. The van der Waals surface area contributed by atoms with Crippen molar-refractivity contribution < 1.29 is 9.53 Å². The van der Waals surface area contributed by atoms with E-state index < -0.39 is 0 Å². The second-order valence-corrected chi connectivity index (χ2v) is 4.84. The van der Waals surface area contributed by atoms with E-state index in [1.54, 1.807) is 0 Å². The zero-order chi connectivity index (χ0) is 10.7. The molecule has 2 heteroatoms. The summed E-state index contributed by atoms with van der Waals surface area (Å²) in [6.45, 7) is 2.48. The number of ether oxygens (including phenoxy) is 1. The summed E-state index contributed by atoms with van der Waals surface area (Å²) >= 11 is 0. The Labute approximate surface area is 91.7 Å². The molecule has 1 fully saturated rings. The molecular formula is C13H20O2. The largest absolute Gasteiger partial charge is 0.462 e. The quantitative estimate of drug-likeness (QED) is 0.619. The van der Waals surface area contributed by atoms with Crippen LogP contribution in [-0.2, 0) is 9.53 Å². The summed E-state index contributed by atoms with van der Waals surface area (Å²) in [4.78, 5) is 11.4. The Morgan fingerprint density at radius 1 is 1.20 bits per heavy atom. The number of esters is 1. The van der Waals surface area contributed by atoms with Gasteiger partial charge >= 0.3 is 5.97 Å². The molecule has 1 atom stereocenters. The number of carbonyl (C=O) groups is 1. The van der Waals surface area contributed by atoms with Crippen molar-refractivity contribution in [1.82, 2.24) is 0 Å². The molecule has 0 saturated heterocycles. The number of hydrogen-bond acceptors (Lipinski definition) is 2. The van der Waals surface area contributed by atoms with Gasteiger partial charge in [-0.25, -0.2) is 4.79 Å². The van der Waals surface area contributed by atoms with Gasteiger partial charge in [-0.2, -0.15) is 0 Å². The van der Waals surface area contributed by atoms with Gasteiger partial charge in [0.2, 0.25) is 0 Å². The van der Waals surface area contributed by atoms with Crippen molar-refractivity contribution in [2.45, 2.75) is 45.4 Å². The van der Waals surface area contributed by atoms with Gasteiger partial charge in [-0.05, 0) is 38.0 Å². The van der Waals surface area contributed by atoms with E-state index in [0.717, 1.165) is 17.9 Å². The van der Waals surface area contributed by atoms with Crippen molar-refractivity contribution in [1.29, 1.82) is 0 Å². The standard InChI is InChI=1S/C13H20O2/c1-10-9-12(7-8-15-13(10)14)11-5-3-2-4-6-11/h9,11-12H,2-8H2,1H3. The van der Waals surface area contributed by atoms with Crippen molar-refractivity contribution in [3.63, 3.8) is 0 Å². The molecule has 0 spiro atoms. The Kier molecular flexibility index (Phi) is 3.45. The van der Waals surface area contributed by atoms with Gasteiger partial charge in [0.05, 0.1) is 6.61 Å². The fraction of sp³-hybridized carbons (Fsp3) is 0.769. The van der Waals surface area contributed by atoms with Crippen LogP contribution in [0.25, 0.3) is 0 Å². The molecule has 1 unspecified atom stereocenters. The predicted molar refractivity (Wildman–Crippen MR) is 59.4 cm³/mol. The topological polar surface area (TPSA) is 26.3 Å². The Morgan fingerprint density at radius 2 is 1.93 bits per heavy atom. The number of cyclic esters (lactones) is 1. The summed E-state index contributed by atoms with van der Waals surface area (Å²) in [5, 5.41) is 0. The van der Waals surface area contributed by atoms with Gasteiger partial charge in [0.1, 0.15) is 0 Å². The smallest absolute Gasteiger partial charge is 0.333 e. The van der Waals surface area contributed by atoms with E-state index in [1.807, 2.05) is 6.92 Å². The van der Waals surface area contributed by atoms with Gasteiger partial charge in [0, 0.05) is 5.57 Å². The van der Waals surface area contributed by atoms with Crippen LogP contribution in [-0.4, -0.2) is 12.6 Å². The molecule has 84 valence electrons. The van der Waals surface area contributed by atoms with Crippen LogP contribution in [0.5, 0.6) is 0 Å². The van der Waals surface area contributed by atoms with Crippen LogP contribution >= 0.6 is 0 Å². The molecular weight excluding hydrogens is 188 g/mol. The Hall–Kier alpha value is -0.790. The predicted octanol–water partition coefficient (Wildman–Crippen LogP) is 3.08. The van der Waals surface area contributed by atoms with Crippen LogP contribution in [0.15, 0.2) is 11.6 Å². The molecule has 2 nitrogen and oxygen atoms in total. The Balaban J connectivity index is 2.03. The molecule has 1 aliphatic carbocycles. The fourth-order valence-electron chi connectivity index (χ4n) is 2.81. The minimum Gasteiger partial charge on any atom is -0.462 e. The summed E-state index contributed by atoms with van der Waals surface area (Å²) in [5.74, 6) is 1.26. The molecule has 0 aromatic carbocycles. The Bertz CT molecular complexity index is 262. The summed E-state index contributed by atoms with van der Waals surface area (Å²) in [7, 11) is 0. The van der Waals surface area contributed by atoms with E-state index >= 15 is 0 Å². The normalized spacial score (nSPS) is 29.3. The summed E-state index contributed by atoms with van der Waals surface area (Å²) < 4.78 is 5.13. The van der Waals surface area contributed by atoms with E-state index in [1.165, 1.54) is 32.1 Å². The maximum Gasteiger partial charge on any atom is 0.333 e. The van der Waals surface area contributed by atoms with Gasteiger partial charge in [0.25, 0.3) is 0 Å². The molecule has 2 rings (SSSR count). The molecule has 0 bridgehead atoms. The average molecular weight is 208 g/mol. The minimum atomic E-state index is -0.117. The lowest BCUT2D eigenvalue weighted by molar-refractivity contribution is -0.138. The Morgan fingerprint density at radius 3 is 2.67 bits per heavy atom. The van der Waals surface area contributed by atoms with Crippen LogP contribution in [0, 0.1) is 11.8 Å². The third-order valence-electron chi connectivity index (χ3n) is 3.73. The highest BCUT2D eigenvalue weighted by molar-refractivity contribution is 5.87. The first kappa shape index (κ1) is 10.7. The molecule has 1 aliphatic heterocycles. The third kappa shape index (κ3) is 2.61. The lowest BCUT2D eigenvalue weighted by Gasteiger charge is -2.27. The average Bonchev–Trinajstić information content (AvgIpc) is 2.43. The van der Waals surface area contributed by atoms with Crippen LogP contribution in [0.2, 0.25) is 0 Å². The van der Waals surface area contributed by atoms with Crippen LogP contribution < -0.4 is 0 Å². The third-order valence-corrected chi connectivity index (χ3v) is 3.73. The molecule has 1 saturated carbocycles. The van der Waals surface area contributed by atoms with Gasteiger partial charge in [-0.1, -0.05) is 25.3 Å². The highest BCUT2D eigenvalue weighted by Gasteiger charge is 2.25. The van der Waals surface area contributed by atoms with Crippen molar-refractivity contribution in [2.75, 3.05) is 6.61 Å². The van der Waals surface area contributed by atoms with Crippen molar-refractivity contribution in [3.8, 4) is 0 Å². The molecule has 1 heterocycles. The SMILES string of the molecule is CC1=CC(C2CCCCC2)CCOC1=O. The van der Waals surface area contributed by atoms with E-state index in [-0.39, 0.29) is 5.97 Å². The second kappa shape index (κ2) is 4.82. The van der Waals surface area contributed by atoms with Crippen LogP contribution in [0.3, 0.4) is 0 Å². The first-order valence-corrected chi connectivity index (χ1v) is 6.13. The van der Waals surface area contributed by atoms with Crippen molar-refractivity contribution in [2.24, 2.45) is 11.8 Å². The monoisotopic (exact) mass is 208 g/mol. The lowest BCUT2D eigenvalue weighted by Crippen LogP contribution is -2.17. The van der Waals surface area contributed by atoms with E-state index in [0.29, 0.717) is 12.5 Å².